The average Bonchev–Trinajstić information content (AvgIpc) is 3.18. The van der Waals surface area contributed by atoms with Crippen LogP contribution in [0.3, 0.4) is 0 Å². The molecule has 0 saturated carbocycles. The minimum absolute atomic E-state index is 0.127. The van der Waals surface area contributed by atoms with Gasteiger partial charge in [-0.15, -0.1) is 11.8 Å². The molecule has 134 valence electrons. The van der Waals surface area contributed by atoms with Crippen molar-refractivity contribution in [2.75, 3.05) is 30.2 Å². The zero-order valence-electron chi connectivity index (χ0n) is 14.0. The van der Waals surface area contributed by atoms with Gasteiger partial charge in [-0.05, 0) is 24.3 Å². The Bertz CT molecular complexity index is 828. The fourth-order valence-electron chi connectivity index (χ4n) is 2.95. The first-order valence-electron chi connectivity index (χ1n) is 8.36. The second-order valence-corrected chi connectivity index (χ2v) is 7.00. The molecule has 0 aromatic heterocycles. The zero-order chi connectivity index (χ0) is 17.9. The number of ether oxygens (including phenoxy) is 2. The van der Waals surface area contributed by atoms with Gasteiger partial charge in [0, 0.05) is 23.1 Å². The van der Waals surface area contributed by atoms with Crippen LogP contribution >= 0.6 is 11.8 Å². The SMILES string of the molecule is O=C(Nc1ccc2c(c1)OCCO2)[C@@H]1CSCN1C(=O)c1ccccc1. The summed E-state index contributed by atoms with van der Waals surface area (Å²) in [6, 6.07) is 13.8. The number of anilines is 1. The minimum atomic E-state index is -0.499. The van der Waals surface area contributed by atoms with Crippen molar-refractivity contribution < 1.29 is 19.1 Å². The number of thioether (sulfide) groups is 1. The highest BCUT2D eigenvalue weighted by Gasteiger charge is 2.35. The minimum Gasteiger partial charge on any atom is -0.486 e. The van der Waals surface area contributed by atoms with Gasteiger partial charge in [0.25, 0.3) is 5.91 Å². The first kappa shape index (κ1) is 16.8. The van der Waals surface area contributed by atoms with Gasteiger partial charge in [0.15, 0.2) is 11.5 Å². The van der Waals surface area contributed by atoms with Crippen molar-refractivity contribution in [1.82, 2.24) is 4.90 Å². The van der Waals surface area contributed by atoms with Gasteiger partial charge in [0.05, 0.1) is 5.88 Å². The summed E-state index contributed by atoms with van der Waals surface area (Å²) in [6.07, 6.45) is 0. The molecule has 0 unspecified atom stereocenters. The van der Waals surface area contributed by atoms with Gasteiger partial charge in [-0.1, -0.05) is 18.2 Å². The van der Waals surface area contributed by atoms with Crippen LogP contribution in [-0.2, 0) is 4.79 Å². The number of hydrogen-bond acceptors (Lipinski definition) is 5. The van der Waals surface area contributed by atoms with Crippen molar-refractivity contribution in [3.05, 3.63) is 54.1 Å². The number of nitrogens with zero attached hydrogens (tertiary/aromatic N) is 1. The summed E-state index contributed by atoms with van der Waals surface area (Å²) in [5.41, 5.74) is 1.22. The van der Waals surface area contributed by atoms with Crippen molar-refractivity contribution in [2.45, 2.75) is 6.04 Å². The predicted molar refractivity (Wildman–Crippen MR) is 99.8 cm³/mol. The lowest BCUT2D eigenvalue weighted by Crippen LogP contribution is -2.44. The molecule has 0 spiro atoms. The Labute approximate surface area is 155 Å². The van der Waals surface area contributed by atoms with Crippen LogP contribution in [0, 0.1) is 0 Å². The second-order valence-electron chi connectivity index (χ2n) is 6.00. The van der Waals surface area contributed by atoms with E-state index in [4.69, 9.17) is 9.47 Å². The summed E-state index contributed by atoms with van der Waals surface area (Å²) in [5.74, 6) is 2.05. The molecule has 0 aliphatic carbocycles. The molecule has 6 nitrogen and oxygen atoms in total. The Morgan fingerprint density at radius 1 is 1.04 bits per heavy atom. The van der Waals surface area contributed by atoms with Gasteiger partial charge in [-0.25, -0.2) is 0 Å². The van der Waals surface area contributed by atoms with E-state index in [2.05, 4.69) is 5.32 Å². The van der Waals surface area contributed by atoms with E-state index in [1.54, 1.807) is 47.0 Å². The molecule has 1 saturated heterocycles. The number of rotatable bonds is 3. The molecule has 0 bridgehead atoms. The van der Waals surface area contributed by atoms with Crippen molar-refractivity contribution in [1.29, 1.82) is 0 Å². The lowest BCUT2D eigenvalue weighted by molar-refractivity contribution is -0.119. The maximum Gasteiger partial charge on any atom is 0.255 e. The Hall–Kier alpha value is -2.67. The maximum absolute atomic E-state index is 12.7. The Morgan fingerprint density at radius 3 is 2.62 bits per heavy atom. The molecule has 2 amide bonds. The average molecular weight is 370 g/mol. The van der Waals surface area contributed by atoms with Crippen LogP contribution < -0.4 is 14.8 Å². The van der Waals surface area contributed by atoms with Gasteiger partial charge in [-0.2, -0.15) is 0 Å². The molecular formula is C19H18N2O4S. The van der Waals surface area contributed by atoms with Crippen LogP contribution in [0.4, 0.5) is 5.69 Å². The fourth-order valence-corrected chi connectivity index (χ4v) is 4.11. The molecule has 2 aromatic rings. The number of fused-ring (bicyclic) bond motifs is 1. The van der Waals surface area contributed by atoms with Gasteiger partial charge >= 0.3 is 0 Å². The standard InChI is InChI=1S/C19H18N2O4S/c22-18(20-14-6-7-16-17(10-14)25-9-8-24-16)15-11-26-12-21(15)19(23)13-4-2-1-3-5-13/h1-7,10,15H,8-9,11-12H2,(H,20,22)/t15-/m0/s1. The topological polar surface area (TPSA) is 67.9 Å². The van der Waals surface area contributed by atoms with Gasteiger partial charge in [0.1, 0.15) is 19.3 Å². The third-order valence-corrected chi connectivity index (χ3v) is 5.29. The number of benzene rings is 2. The maximum atomic E-state index is 12.7. The predicted octanol–water partition coefficient (Wildman–Crippen LogP) is 2.61. The summed E-state index contributed by atoms with van der Waals surface area (Å²) >= 11 is 1.57. The Kier molecular flexibility index (Phi) is 4.71. The second kappa shape index (κ2) is 7.29. The van der Waals surface area contributed by atoms with E-state index in [0.717, 1.165) is 0 Å². The van der Waals surface area contributed by atoms with Crippen LogP contribution in [0.1, 0.15) is 10.4 Å². The molecule has 7 heteroatoms. The molecule has 1 atom stereocenters. The molecule has 1 fully saturated rings. The number of carbonyl (C=O) groups excluding carboxylic acids is 2. The first-order valence-corrected chi connectivity index (χ1v) is 9.52. The van der Waals surface area contributed by atoms with Gasteiger partial charge in [-0.3, -0.25) is 9.59 Å². The fraction of sp³-hybridized carbons (Fsp3) is 0.263. The lowest BCUT2D eigenvalue weighted by Gasteiger charge is -2.24. The number of hydrogen-bond donors (Lipinski definition) is 1. The van der Waals surface area contributed by atoms with Crippen molar-refractivity contribution >= 4 is 29.3 Å². The molecule has 2 aliphatic rings. The van der Waals surface area contributed by atoms with Crippen LogP contribution in [0.5, 0.6) is 11.5 Å². The van der Waals surface area contributed by atoms with E-state index in [9.17, 15) is 9.59 Å². The lowest BCUT2D eigenvalue weighted by atomic mass is 10.1. The molecule has 2 aromatic carbocycles. The van der Waals surface area contributed by atoms with E-state index in [1.165, 1.54) is 0 Å². The normalized spacial score (nSPS) is 18.5. The molecule has 0 radical (unpaired) electrons. The zero-order valence-corrected chi connectivity index (χ0v) is 14.8. The van der Waals surface area contributed by atoms with Crippen LogP contribution in [0.2, 0.25) is 0 Å². The number of amides is 2. The van der Waals surface area contributed by atoms with Crippen LogP contribution in [0.25, 0.3) is 0 Å². The first-order chi connectivity index (χ1) is 12.7. The highest BCUT2D eigenvalue weighted by Crippen LogP contribution is 2.33. The molecular weight excluding hydrogens is 352 g/mol. The third kappa shape index (κ3) is 3.35. The third-order valence-electron chi connectivity index (χ3n) is 4.28. The summed E-state index contributed by atoms with van der Waals surface area (Å²) in [5, 5.41) is 2.89. The summed E-state index contributed by atoms with van der Waals surface area (Å²) in [6.45, 7) is 1.01. The Morgan fingerprint density at radius 2 is 1.81 bits per heavy atom. The smallest absolute Gasteiger partial charge is 0.255 e. The van der Waals surface area contributed by atoms with Crippen molar-refractivity contribution in [2.24, 2.45) is 0 Å². The van der Waals surface area contributed by atoms with Gasteiger partial charge in [0.2, 0.25) is 5.91 Å². The number of nitrogens with one attached hydrogen (secondary N) is 1. The molecule has 2 heterocycles. The van der Waals surface area contributed by atoms with E-state index in [-0.39, 0.29) is 11.8 Å². The molecule has 4 rings (SSSR count). The van der Waals surface area contributed by atoms with Crippen molar-refractivity contribution in [3.63, 3.8) is 0 Å². The summed E-state index contributed by atoms with van der Waals surface area (Å²) in [7, 11) is 0. The molecule has 1 N–H and O–H groups in total. The van der Waals surface area contributed by atoms with E-state index in [0.29, 0.717) is 47.6 Å². The Balaban J connectivity index is 1.48. The van der Waals surface area contributed by atoms with E-state index in [1.807, 2.05) is 18.2 Å². The van der Waals surface area contributed by atoms with Gasteiger partial charge < -0.3 is 19.7 Å². The highest BCUT2D eigenvalue weighted by atomic mass is 32.2. The van der Waals surface area contributed by atoms with Crippen molar-refractivity contribution in [3.8, 4) is 11.5 Å². The quantitative estimate of drug-likeness (QED) is 0.900. The molecule has 2 aliphatic heterocycles. The highest BCUT2D eigenvalue weighted by molar-refractivity contribution is 7.99. The summed E-state index contributed by atoms with van der Waals surface area (Å²) in [4.78, 5) is 27.1. The molecule has 26 heavy (non-hydrogen) atoms. The monoisotopic (exact) mass is 370 g/mol. The van der Waals surface area contributed by atoms with Crippen LogP contribution in [-0.4, -0.2) is 47.6 Å². The van der Waals surface area contributed by atoms with E-state index >= 15 is 0 Å². The largest absolute Gasteiger partial charge is 0.486 e. The van der Waals surface area contributed by atoms with E-state index < -0.39 is 6.04 Å². The van der Waals surface area contributed by atoms with Crippen LogP contribution in [0.15, 0.2) is 48.5 Å². The summed E-state index contributed by atoms with van der Waals surface area (Å²) < 4.78 is 11.0. The number of carbonyl (C=O) groups is 2.